The maximum absolute atomic E-state index is 5.82. The Kier molecular flexibility index (Phi) is 5.45. The van der Waals surface area contributed by atoms with Gasteiger partial charge < -0.3 is 10.5 Å². The second-order valence-corrected chi connectivity index (χ2v) is 3.63. The van der Waals surface area contributed by atoms with Crippen LogP contribution in [0, 0.1) is 11.8 Å². The summed E-state index contributed by atoms with van der Waals surface area (Å²) in [4.78, 5) is 0. The minimum Gasteiger partial charge on any atom is -0.494 e. The Balaban J connectivity index is 2.69. The number of hydrogen-bond donors (Lipinski definition) is 1. The summed E-state index contributed by atoms with van der Waals surface area (Å²) in [5.74, 6) is 6.97. The van der Waals surface area contributed by atoms with Gasteiger partial charge in [0.05, 0.1) is 12.6 Å². The lowest BCUT2D eigenvalue weighted by Gasteiger charge is -2.02. The van der Waals surface area contributed by atoms with E-state index in [1.807, 2.05) is 31.2 Å². The molecule has 2 N–H and O–H groups in total. The normalized spacial score (nSPS) is 11.4. The zero-order valence-electron chi connectivity index (χ0n) is 9.99. The van der Waals surface area contributed by atoms with Crippen molar-refractivity contribution in [3.63, 3.8) is 0 Å². The van der Waals surface area contributed by atoms with Crippen LogP contribution >= 0.6 is 0 Å². The summed E-state index contributed by atoms with van der Waals surface area (Å²) < 4.78 is 5.40. The molecule has 2 heteroatoms. The van der Waals surface area contributed by atoms with Crippen molar-refractivity contribution in [2.45, 2.75) is 32.7 Å². The summed E-state index contributed by atoms with van der Waals surface area (Å²) in [7, 11) is 0. The van der Waals surface area contributed by atoms with Gasteiger partial charge in [0.1, 0.15) is 5.75 Å². The maximum Gasteiger partial charge on any atom is 0.120 e. The van der Waals surface area contributed by atoms with Gasteiger partial charge >= 0.3 is 0 Å². The van der Waals surface area contributed by atoms with Crippen molar-refractivity contribution in [1.29, 1.82) is 0 Å². The van der Waals surface area contributed by atoms with Gasteiger partial charge in [-0.15, -0.1) is 0 Å². The van der Waals surface area contributed by atoms with Gasteiger partial charge in [-0.1, -0.05) is 31.3 Å². The molecule has 16 heavy (non-hydrogen) atoms. The first-order valence-electron chi connectivity index (χ1n) is 5.76. The first kappa shape index (κ1) is 12.6. The minimum atomic E-state index is -0.0271. The monoisotopic (exact) mass is 217 g/mol. The molecule has 0 aromatic heterocycles. The van der Waals surface area contributed by atoms with Crippen molar-refractivity contribution in [2.24, 2.45) is 5.73 Å². The van der Waals surface area contributed by atoms with Crippen molar-refractivity contribution in [1.82, 2.24) is 0 Å². The molecule has 1 aromatic rings. The number of ether oxygens (including phenoxy) is 1. The predicted octanol–water partition coefficient (Wildman–Crippen LogP) is 2.56. The van der Waals surface area contributed by atoms with Crippen molar-refractivity contribution >= 4 is 0 Å². The lowest BCUT2D eigenvalue weighted by atomic mass is 10.1. The molecule has 2 nitrogen and oxygen atoms in total. The highest BCUT2D eigenvalue weighted by molar-refractivity contribution is 5.40. The Morgan fingerprint density at radius 3 is 2.88 bits per heavy atom. The first-order chi connectivity index (χ1) is 7.76. The largest absolute Gasteiger partial charge is 0.494 e. The van der Waals surface area contributed by atoms with Crippen molar-refractivity contribution in [2.75, 3.05) is 6.61 Å². The van der Waals surface area contributed by atoms with Crippen LogP contribution in [0.2, 0.25) is 0 Å². The Morgan fingerprint density at radius 1 is 1.38 bits per heavy atom. The quantitative estimate of drug-likeness (QED) is 0.787. The van der Waals surface area contributed by atoms with Gasteiger partial charge in [-0.2, -0.15) is 0 Å². The molecule has 0 fully saturated rings. The third-order valence-corrected chi connectivity index (χ3v) is 2.15. The van der Waals surface area contributed by atoms with Crippen LogP contribution < -0.4 is 10.5 Å². The van der Waals surface area contributed by atoms with Crippen LogP contribution in [0.25, 0.3) is 0 Å². The lowest BCUT2D eigenvalue weighted by molar-refractivity contribution is 0.340. The molecule has 1 atom stereocenters. The molecule has 1 rings (SSSR count). The van der Waals surface area contributed by atoms with Crippen LogP contribution in [0.3, 0.4) is 0 Å². The van der Waals surface area contributed by atoms with Crippen molar-refractivity contribution < 1.29 is 4.74 Å². The van der Waals surface area contributed by atoms with Crippen LogP contribution in [0.15, 0.2) is 24.3 Å². The third-order valence-electron chi connectivity index (χ3n) is 2.15. The van der Waals surface area contributed by atoms with Gasteiger partial charge in [0.2, 0.25) is 0 Å². The van der Waals surface area contributed by atoms with Gasteiger partial charge in [-0.05, 0) is 31.5 Å². The van der Waals surface area contributed by atoms with Crippen LogP contribution in [-0.4, -0.2) is 12.6 Å². The van der Waals surface area contributed by atoms with E-state index in [0.29, 0.717) is 6.61 Å². The van der Waals surface area contributed by atoms with Gasteiger partial charge in [0.25, 0.3) is 0 Å². The highest BCUT2D eigenvalue weighted by Gasteiger charge is 1.95. The summed E-state index contributed by atoms with van der Waals surface area (Å²) in [6.07, 6.45) is 2.01. The number of nitrogens with two attached hydrogens (primary N) is 1. The van der Waals surface area contributed by atoms with Crippen LogP contribution in [0.1, 0.15) is 32.3 Å². The highest BCUT2D eigenvalue weighted by atomic mass is 16.5. The van der Waals surface area contributed by atoms with E-state index >= 15 is 0 Å². The highest BCUT2D eigenvalue weighted by Crippen LogP contribution is 2.12. The fourth-order valence-electron chi connectivity index (χ4n) is 1.39. The number of hydrogen-bond acceptors (Lipinski definition) is 2. The first-order valence-corrected chi connectivity index (χ1v) is 5.76. The molecule has 0 spiro atoms. The topological polar surface area (TPSA) is 35.2 Å². The summed E-state index contributed by atoms with van der Waals surface area (Å²) in [6.45, 7) is 4.75. The van der Waals surface area contributed by atoms with Gasteiger partial charge in [0.15, 0.2) is 0 Å². The molecule has 86 valence electrons. The molecule has 0 saturated heterocycles. The molecule has 0 saturated carbocycles. The molecule has 0 aliphatic carbocycles. The van der Waals surface area contributed by atoms with Gasteiger partial charge in [0, 0.05) is 5.56 Å². The molecular formula is C14H19NO. The van der Waals surface area contributed by atoms with E-state index in [4.69, 9.17) is 10.5 Å². The summed E-state index contributed by atoms with van der Waals surface area (Å²) in [5, 5.41) is 0. The second-order valence-electron chi connectivity index (χ2n) is 3.63. The van der Waals surface area contributed by atoms with E-state index in [1.54, 1.807) is 0 Å². The average molecular weight is 217 g/mol. The minimum absolute atomic E-state index is 0.0271. The summed E-state index contributed by atoms with van der Waals surface area (Å²) in [5.41, 5.74) is 6.78. The average Bonchev–Trinajstić information content (AvgIpc) is 2.28. The summed E-state index contributed by atoms with van der Waals surface area (Å²) in [6, 6.07) is 7.76. The van der Waals surface area contributed by atoms with Crippen LogP contribution in [0.5, 0.6) is 5.75 Å². The van der Waals surface area contributed by atoms with E-state index in [-0.39, 0.29) is 6.04 Å². The van der Waals surface area contributed by atoms with E-state index in [2.05, 4.69) is 18.8 Å². The third kappa shape index (κ3) is 4.37. The van der Waals surface area contributed by atoms with E-state index in [0.717, 1.165) is 24.2 Å². The molecule has 0 amide bonds. The SMILES string of the molecule is CCCC(N)C#Cc1cccc(OCC)c1. The predicted molar refractivity (Wildman–Crippen MR) is 67.4 cm³/mol. The molecule has 0 aliphatic rings. The van der Waals surface area contributed by atoms with Gasteiger partial charge in [-0.3, -0.25) is 0 Å². The van der Waals surface area contributed by atoms with Crippen LogP contribution in [0.4, 0.5) is 0 Å². The Labute approximate surface area is 97.8 Å². The smallest absolute Gasteiger partial charge is 0.120 e. The Bertz CT molecular complexity index is 376. The van der Waals surface area contributed by atoms with E-state index in [9.17, 15) is 0 Å². The van der Waals surface area contributed by atoms with E-state index < -0.39 is 0 Å². The molecule has 0 bridgehead atoms. The van der Waals surface area contributed by atoms with Crippen molar-refractivity contribution in [3.05, 3.63) is 29.8 Å². The molecule has 0 aliphatic heterocycles. The number of benzene rings is 1. The number of rotatable bonds is 4. The maximum atomic E-state index is 5.82. The lowest BCUT2D eigenvalue weighted by Crippen LogP contribution is -2.16. The molecule has 0 radical (unpaired) electrons. The molecule has 1 unspecified atom stereocenters. The molecular weight excluding hydrogens is 198 g/mol. The molecule has 0 heterocycles. The van der Waals surface area contributed by atoms with Gasteiger partial charge in [-0.25, -0.2) is 0 Å². The Hall–Kier alpha value is -1.46. The van der Waals surface area contributed by atoms with Crippen LogP contribution in [-0.2, 0) is 0 Å². The zero-order valence-corrected chi connectivity index (χ0v) is 9.99. The Morgan fingerprint density at radius 2 is 2.19 bits per heavy atom. The fraction of sp³-hybridized carbons (Fsp3) is 0.429. The summed E-state index contributed by atoms with van der Waals surface area (Å²) >= 11 is 0. The fourth-order valence-corrected chi connectivity index (χ4v) is 1.39. The standard InChI is InChI=1S/C14H19NO/c1-3-6-13(15)10-9-12-7-5-8-14(11-12)16-4-2/h5,7-8,11,13H,3-4,6,15H2,1-2H3. The molecule has 1 aromatic carbocycles. The second kappa shape index (κ2) is 6.92. The zero-order chi connectivity index (χ0) is 11.8. The van der Waals surface area contributed by atoms with Crippen molar-refractivity contribution in [3.8, 4) is 17.6 Å². The van der Waals surface area contributed by atoms with E-state index in [1.165, 1.54) is 0 Å².